The molecular formula is C16H14BrN5. The Hall–Kier alpha value is -2.39. The Morgan fingerprint density at radius 3 is 2.82 bits per heavy atom. The van der Waals surface area contributed by atoms with Gasteiger partial charge >= 0.3 is 0 Å². The van der Waals surface area contributed by atoms with E-state index in [0.29, 0.717) is 11.6 Å². The lowest BCUT2D eigenvalue weighted by atomic mass is 10.2. The van der Waals surface area contributed by atoms with Crippen molar-refractivity contribution >= 4 is 27.1 Å². The molecule has 110 valence electrons. The zero-order valence-corrected chi connectivity index (χ0v) is 13.8. The van der Waals surface area contributed by atoms with Gasteiger partial charge in [0.1, 0.15) is 6.07 Å². The van der Waals surface area contributed by atoms with Crippen LogP contribution in [0.25, 0.3) is 16.9 Å². The van der Waals surface area contributed by atoms with Crippen LogP contribution in [0.15, 0.2) is 41.1 Å². The molecule has 0 aromatic carbocycles. The topological polar surface area (TPSA) is 66.0 Å². The standard InChI is InChI=1S/C16H14BrN5/c1-10(2)21-14-6-15(19-9-13(14)17)16-4-3-12-5-11(7-18)8-20-22(12)16/h3-6,8-10H,1-2H3,(H,19,21). The van der Waals surface area contributed by atoms with E-state index in [0.717, 1.165) is 27.1 Å². The van der Waals surface area contributed by atoms with Crippen LogP contribution in [0.1, 0.15) is 19.4 Å². The number of hydrogen-bond donors (Lipinski definition) is 1. The first kappa shape index (κ1) is 14.5. The van der Waals surface area contributed by atoms with Crippen LogP contribution >= 0.6 is 15.9 Å². The molecule has 0 bridgehead atoms. The summed E-state index contributed by atoms with van der Waals surface area (Å²) in [5.74, 6) is 0. The molecule has 0 aliphatic rings. The fourth-order valence-corrected chi connectivity index (χ4v) is 2.59. The summed E-state index contributed by atoms with van der Waals surface area (Å²) in [6, 6.07) is 10.1. The van der Waals surface area contributed by atoms with E-state index < -0.39 is 0 Å². The SMILES string of the molecule is CC(C)Nc1cc(-c2ccc3cc(C#N)cnn23)ncc1Br. The first-order valence-electron chi connectivity index (χ1n) is 6.89. The van der Waals surface area contributed by atoms with Crippen molar-refractivity contribution in [3.63, 3.8) is 0 Å². The van der Waals surface area contributed by atoms with E-state index in [1.165, 1.54) is 0 Å². The molecule has 0 amide bonds. The lowest BCUT2D eigenvalue weighted by Gasteiger charge is -2.13. The van der Waals surface area contributed by atoms with Crippen molar-refractivity contribution in [3.8, 4) is 17.5 Å². The quantitative estimate of drug-likeness (QED) is 0.774. The molecule has 0 spiro atoms. The highest BCUT2D eigenvalue weighted by Crippen LogP contribution is 2.28. The summed E-state index contributed by atoms with van der Waals surface area (Å²) in [4.78, 5) is 4.47. The van der Waals surface area contributed by atoms with Gasteiger partial charge in [0.15, 0.2) is 0 Å². The molecule has 0 fully saturated rings. The molecule has 0 atom stereocenters. The number of halogens is 1. The highest BCUT2D eigenvalue weighted by Gasteiger charge is 2.11. The maximum atomic E-state index is 8.95. The third-order valence-electron chi connectivity index (χ3n) is 3.19. The summed E-state index contributed by atoms with van der Waals surface area (Å²) >= 11 is 3.51. The van der Waals surface area contributed by atoms with Gasteiger partial charge in [-0.1, -0.05) is 0 Å². The largest absolute Gasteiger partial charge is 0.382 e. The summed E-state index contributed by atoms with van der Waals surface area (Å²) in [5.41, 5.74) is 4.12. The van der Waals surface area contributed by atoms with Crippen LogP contribution in [0.4, 0.5) is 5.69 Å². The van der Waals surface area contributed by atoms with E-state index >= 15 is 0 Å². The van der Waals surface area contributed by atoms with Crippen LogP contribution in [-0.4, -0.2) is 20.6 Å². The first-order chi connectivity index (χ1) is 10.6. The predicted molar refractivity (Wildman–Crippen MR) is 89.6 cm³/mol. The number of fused-ring (bicyclic) bond motifs is 1. The fourth-order valence-electron chi connectivity index (χ4n) is 2.25. The number of nitrogens with zero attached hydrogens (tertiary/aromatic N) is 4. The highest BCUT2D eigenvalue weighted by molar-refractivity contribution is 9.10. The number of anilines is 1. The van der Waals surface area contributed by atoms with Crippen LogP contribution in [0, 0.1) is 11.3 Å². The van der Waals surface area contributed by atoms with Gasteiger partial charge in [-0.05, 0) is 54.0 Å². The Balaban J connectivity index is 2.10. The summed E-state index contributed by atoms with van der Waals surface area (Å²) in [5, 5.41) is 16.7. The van der Waals surface area contributed by atoms with Gasteiger partial charge in [-0.3, -0.25) is 4.98 Å². The Morgan fingerprint density at radius 2 is 2.09 bits per heavy atom. The minimum Gasteiger partial charge on any atom is -0.382 e. The van der Waals surface area contributed by atoms with Crippen molar-refractivity contribution < 1.29 is 0 Å². The highest BCUT2D eigenvalue weighted by atomic mass is 79.9. The van der Waals surface area contributed by atoms with Crippen molar-refractivity contribution in [1.29, 1.82) is 5.26 Å². The second-order valence-corrected chi connectivity index (χ2v) is 6.11. The summed E-state index contributed by atoms with van der Waals surface area (Å²) in [6.07, 6.45) is 3.34. The molecule has 5 nitrogen and oxygen atoms in total. The lowest BCUT2D eigenvalue weighted by molar-refractivity contribution is 0.896. The van der Waals surface area contributed by atoms with Gasteiger partial charge in [0.05, 0.1) is 38.8 Å². The number of nitriles is 1. The molecule has 0 aliphatic heterocycles. The maximum absolute atomic E-state index is 8.95. The van der Waals surface area contributed by atoms with Gasteiger partial charge in [0, 0.05) is 12.2 Å². The third kappa shape index (κ3) is 2.68. The molecule has 0 saturated heterocycles. The Labute approximate surface area is 136 Å². The summed E-state index contributed by atoms with van der Waals surface area (Å²) in [7, 11) is 0. The van der Waals surface area contributed by atoms with E-state index in [-0.39, 0.29) is 0 Å². The van der Waals surface area contributed by atoms with Crippen LogP contribution < -0.4 is 5.32 Å². The second-order valence-electron chi connectivity index (χ2n) is 5.26. The number of rotatable bonds is 3. The molecule has 1 N–H and O–H groups in total. The van der Waals surface area contributed by atoms with Crippen molar-refractivity contribution in [2.24, 2.45) is 0 Å². The van der Waals surface area contributed by atoms with Gasteiger partial charge in [-0.2, -0.15) is 10.4 Å². The van der Waals surface area contributed by atoms with Crippen LogP contribution in [0.5, 0.6) is 0 Å². The van der Waals surface area contributed by atoms with Crippen LogP contribution in [0.3, 0.4) is 0 Å². The fraction of sp³-hybridized carbons (Fsp3) is 0.188. The maximum Gasteiger partial charge on any atom is 0.101 e. The van der Waals surface area contributed by atoms with Gasteiger partial charge in [0.25, 0.3) is 0 Å². The van der Waals surface area contributed by atoms with Crippen molar-refractivity contribution in [2.45, 2.75) is 19.9 Å². The number of aromatic nitrogens is 3. The monoisotopic (exact) mass is 355 g/mol. The Kier molecular flexibility index (Phi) is 3.82. The number of hydrogen-bond acceptors (Lipinski definition) is 4. The number of nitrogens with one attached hydrogen (secondary N) is 1. The molecule has 0 radical (unpaired) electrons. The Bertz CT molecular complexity index is 876. The average Bonchev–Trinajstić information content (AvgIpc) is 2.92. The minimum atomic E-state index is 0.326. The smallest absolute Gasteiger partial charge is 0.101 e. The second kappa shape index (κ2) is 5.78. The van der Waals surface area contributed by atoms with Gasteiger partial charge in [-0.15, -0.1) is 0 Å². The normalized spacial score (nSPS) is 10.9. The Morgan fingerprint density at radius 1 is 1.27 bits per heavy atom. The molecule has 0 aliphatic carbocycles. The van der Waals surface area contributed by atoms with Gasteiger partial charge in [-0.25, -0.2) is 4.52 Å². The third-order valence-corrected chi connectivity index (χ3v) is 3.82. The van der Waals surface area contributed by atoms with Crippen LogP contribution in [0.2, 0.25) is 0 Å². The summed E-state index contributed by atoms with van der Waals surface area (Å²) < 4.78 is 2.71. The molecule has 0 saturated carbocycles. The first-order valence-corrected chi connectivity index (χ1v) is 7.68. The molecule has 22 heavy (non-hydrogen) atoms. The molecule has 0 unspecified atom stereocenters. The molecular weight excluding hydrogens is 342 g/mol. The summed E-state index contributed by atoms with van der Waals surface area (Å²) in [6.45, 7) is 4.17. The van der Waals surface area contributed by atoms with E-state index in [9.17, 15) is 0 Å². The van der Waals surface area contributed by atoms with Crippen molar-refractivity contribution in [1.82, 2.24) is 14.6 Å². The average molecular weight is 356 g/mol. The van der Waals surface area contributed by atoms with Gasteiger partial charge in [0.2, 0.25) is 0 Å². The molecule has 3 rings (SSSR count). The minimum absolute atomic E-state index is 0.326. The van der Waals surface area contributed by atoms with E-state index in [2.05, 4.69) is 51.2 Å². The van der Waals surface area contributed by atoms with Crippen LogP contribution in [-0.2, 0) is 0 Å². The molecule has 6 heteroatoms. The molecule has 3 heterocycles. The molecule has 3 aromatic heterocycles. The predicted octanol–water partition coefficient (Wildman–Crippen LogP) is 3.85. The number of pyridine rings is 1. The van der Waals surface area contributed by atoms with E-state index in [1.54, 1.807) is 16.9 Å². The van der Waals surface area contributed by atoms with Crippen molar-refractivity contribution in [3.05, 3.63) is 46.7 Å². The van der Waals surface area contributed by atoms with Crippen molar-refractivity contribution in [2.75, 3.05) is 5.32 Å². The van der Waals surface area contributed by atoms with E-state index in [4.69, 9.17) is 5.26 Å². The van der Waals surface area contributed by atoms with E-state index in [1.807, 2.05) is 24.3 Å². The zero-order valence-electron chi connectivity index (χ0n) is 12.2. The zero-order chi connectivity index (χ0) is 15.7. The molecule has 3 aromatic rings. The van der Waals surface area contributed by atoms with Gasteiger partial charge < -0.3 is 5.32 Å². The lowest BCUT2D eigenvalue weighted by Crippen LogP contribution is -2.10.